The van der Waals surface area contributed by atoms with E-state index in [-0.39, 0.29) is 6.61 Å². The molecule has 0 radical (unpaired) electrons. The highest BCUT2D eigenvalue weighted by Crippen LogP contribution is 2.24. The number of nitriles is 1. The Hall–Kier alpha value is -3.30. The Morgan fingerprint density at radius 2 is 2.11 bits per heavy atom. The fourth-order valence-electron chi connectivity index (χ4n) is 2.52. The van der Waals surface area contributed by atoms with Crippen molar-refractivity contribution in [3.63, 3.8) is 0 Å². The summed E-state index contributed by atoms with van der Waals surface area (Å²) in [6, 6.07) is 16.5. The van der Waals surface area contributed by atoms with Gasteiger partial charge in [-0.05, 0) is 42.0 Å². The molecule has 1 N–H and O–H groups in total. The van der Waals surface area contributed by atoms with E-state index in [1.165, 1.54) is 7.11 Å². The maximum absolute atomic E-state index is 11.2. The van der Waals surface area contributed by atoms with Gasteiger partial charge in [-0.2, -0.15) is 5.26 Å². The van der Waals surface area contributed by atoms with Gasteiger partial charge in [-0.15, -0.1) is 0 Å². The van der Waals surface area contributed by atoms with Crippen molar-refractivity contribution in [1.82, 2.24) is 4.98 Å². The van der Waals surface area contributed by atoms with E-state index < -0.39 is 5.97 Å². The molecule has 1 heterocycles. The summed E-state index contributed by atoms with van der Waals surface area (Å²) in [5.74, 6) is 0.712. The molecule has 27 heavy (non-hydrogen) atoms. The Kier molecular flexibility index (Phi) is 5.74. The third-order valence-corrected chi connectivity index (χ3v) is 4.08. The number of hydrogen-bond donors (Lipinski definition) is 1. The average molecular weight is 382 g/mol. The number of halogens is 1. The molecular formula is C20H16ClN3O3. The first-order chi connectivity index (χ1) is 13.1. The van der Waals surface area contributed by atoms with E-state index in [9.17, 15) is 10.1 Å². The summed E-state index contributed by atoms with van der Waals surface area (Å²) in [4.78, 5) is 15.7. The molecule has 0 spiro atoms. The van der Waals surface area contributed by atoms with Crippen molar-refractivity contribution in [2.45, 2.75) is 6.54 Å². The first kappa shape index (κ1) is 18.5. The van der Waals surface area contributed by atoms with Crippen LogP contribution in [0.4, 0.5) is 5.82 Å². The Balaban J connectivity index is 1.74. The lowest BCUT2D eigenvalue weighted by atomic mass is 10.1. The number of methoxy groups -OCH3 is 1. The van der Waals surface area contributed by atoms with E-state index in [0.29, 0.717) is 39.6 Å². The van der Waals surface area contributed by atoms with Crippen LogP contribution in [0.25, 0.3) is 10.9 Å². The number of fused-ring (bicyclic) bond motifs is 1. The zero-order valence-corrected chi connectivity index (χ0v) is 15.3. The summed E-state index contributed by atoms with van der Waals surface area (Å²) in [6.45, 7) is 0.333. The van der Waals surface area contributed by atoms with Crippen molar-refractivity contribution in [1.29, 1.82) is 5.26 Å². The van der Waals surface area contributed by atoms with Gasteiger partial charge in [-0.25, -0.2) is 9.78 Å². The molecule has 0 aliphatic carbocycles. The van der Waals surface area contributed by atoms with Crippen LogP contribution in [0.3, 0.4) is 0 Å². The van der Waals surface area contributed by atoms with Crippen molar-refractivity contribution in [2.75, 3.05) is 19.0 Å². The van der Waals surface area contributed by atoms with Gasteiger partial charge in [0, 0.05) is 17.0 Å². The summed E-state index contributed by atoms with van der Waals surface area (Å²) in [7, 11) is 1.31. The van der Waals surface area contributed by atoms with Crippen molar-refractivity contribution in [3.05, 3.63) is 64.7 Å². The number of ether oxygens (including phenoxy) is 2. The second kappa shape index (κ2) is 8.39. The van der Waals surface area contributed by atoms with Crippen molar-refractivity contribution in [2.24, 2.45) is 0 Å². The van der Waals surface area contributed by atoms with Crippen LogP contribution in [0.2, 0.25) is 5.02 Å². The number of pyridine rings is 1. The lowest BCUT2D eigenvalue weighted by molar-refractivity contribution is -0.142. The highest BCUT2D eigenvalue weighted by molar-refractivity contribution is 6.31. The molecule has 0 saturated heterocycles. The summed E-state index contributed by atoms with van der Waals surface area (Å²) in [5.41, 5.74) is 2.13. The number of esters is 1. The highest BCUT2D eigenvalue weighted by atomic mass is 35.5. The van der Waals surface area contributed by atoms with Crippen LogP contribution in [0.5, 0.6) is 5.75 Å². The molecule has 0 bridgehead atoms. The smallest absolute Gasteiger partial charge is 0.343 e. The maximum Gasteiger partial charge on any atom is 0.343 e. The third-order valence-electron chi connectivity index (χ3n) is 3.85. The van der Waals surface area contributed by atoms with Gasteiger partial charge in [-0.3, -0.25) is 0 Å². The molecule has 3 aromatic rings. The predicted octanol–water partition coefficient (Wildman–Crippen LogP) is 3.92. The Labute approximate surface area is 161 Å². The number of anilines is 1. The van der Waals surface area contributed by atoms with Gasteiger partial charge >= 0.3 is 5.97 Å². The number of aromatic nitrogens is 1. The number of benzene rings is 2. The van der Waals surface area contributed by atoms with Gasteiger partial charge < -0.3 is 14.8 Å². The second-order valence-corrected chi connectivity index (χ2v) is 6.13. The normalized spacial score (nSPS) is 10.3. The molecule has 0 aliphatic rings. The van der Waals surface area contributed by atoms with E-state index in [4.69, 9.17) is 16.3 Å². The van der Waals surface area contributed by atoms with Gasteiger partial charge in [0.2, 0.25) is 0 Å². The quantitative estimate of drug-likeness (QED) is 0.651. The van der Waals surface area contributed by atoms with E-state index in [1.54, 1.807) is 30.3 Å². The van der Waals surface area contributed by atoms with Crippen molar-refractivity contribution < 1.29 is 14.3 Å². The molecule has 0 fully saturated rings. The van der Waals surface area contributed by atoms with Gasteiger partial charge in [0.05, 0.1) is 24.3 Å². The van der Waals surface area contributed by atoms with E-state index in [0.717, 1.165) is 5.56 Å². The van der Waals surface area contributed by atoms with Gasteiger partial charge in [0.15, 0.2) is 6.61 Å². The van der Waals surface area contributed by atoms with E-state index in [2.05, 4.69) is 21.1 Å². The molecule has 136 valence electrons. The van der Waals surface area contributed by atoms with Crippen LogP contribution < -0.4 is 10.1 Å². The molecule has 6 nitrogen and oxygen atoms in total. The Morgan fingerprint density at radius 3 is 2.89 bits per heavy atom. The zero-order chi connectivity index (χ0) is 19.2. The maximum atomic E-state index is 11.2. The monoisotopic (exact) mass is 381 g/mol. The molecule has 3 rings (SSSR count). The average Bonchev–Trinajstić information content (AvgIpc) is 2.70. The molecule has 0 aliphatic heterocycles. The minimum absolute atomic E-state index is 0.145. The van der Waals surface area contributed by atoms with Crippen LogP contribution in [0, 0.1) is 11.3 Å². The predicted molar refractivity (Wildman–Crippen MR) is 103 cm³/mol. The molecule has 0 atom stereocenters. The first-order valence-electron chi connectivity index (χ1n) is 8.12. The topological polar surface area (TPSA) is 84.2 Å². The van der Waals surface area contributed by atoms with Gasteiger partial charge in [0.25, 0.3) is 0 Å². The van der Waals surface area contributed by atoms with Gasteiger partial charge in [-0.1, -0.05) is 23.7 Å². The number of hydrogen-bond acceptors (Lipinski definition) is 6. The summed E-state index contributed by atoms with van der Waals surface area (Å²) >= 11 is 6.00. The Bertz CT molecular complexity index is 1030. The molecule has 0 unspecified atom stereocenters. The molecular weight excluding hydrogens is 366 g/mol. The van der Waals surface area contributed by atoms with Gasteiger partial charge in [0.1, 0.15) is 11.6 Å². The molecule has 0 saturated carbocycles. The molecule has 2 aromatic carbocycles. The largest absolute Gasteiger partial charge is 0.482 e. The fourth-order valence-corrected chi connectivity index (χ4v) is 2.69. The van der Waals surface area contributed by atoms with Crippen LogP contribution in [0.15, 0.2) is 48.5 Å². The van der Waals surface area contributed by atoms with Crippen LogP contribution >= 0.6 is 11.6 Å². The van der Waals surface area contributed by atoms with E-state index in [1.807, 2.05) is 18.2 Å². The fraction of sp³-hybridized carbons (Fsp3) is 0.150. The van der Waals surface area contributed by atoms with E-state index >= 15 is 0 Å². The Morgan fingerprint density at radius 1 is 1.26 bits per heavy atom. The number of carbonyl (C=O) groups excluding carboxylic acids is 1. The van der Waals surface area contributed by atoms with Crippen LogP contribution in [0.1, 0.15) is 11.1 Å². The second-order valence-electron chi connectivity index (χ2n) is 5.69. The third kappa shape index (κ3) is 4.66. The zero-order valence-electron chi connectivity index (χ0n) is 14.5. The lowest BCUT2D eigenvalue weighted by Crippen LogP contribution is -2.12. The SMILES string of the molecule is COC(=O)COc1cccc(CNc2cc(C#N)c3cc(Cl)ccc3n2)c1. The minimum atomic E-state index is -0.442. The number of nitrogens with zero attached hydrogens (tertiary/aromatic N) is 2. The first-order valence-corrected chi connectivity index (χ1v) is 8.49. The minimum Gasteiger partial charge on any atom is -0.482 e. The molecule has 0 amide bonds. The number of carbonyl (C=O) groups is 1. The number of nitrogens with one attached hydrogen (secondary N) is 1. The van der Waals surface area contributed by atoms with Crippen LogP contribution in [-0.2, 0) is 16.1 Å². The summed E-state index contributed by atoms with van der Waals surface area (Å²) < 4.78 is 9.94. The summed E-state index contributed by atoms with van der Waals surface area (Å²) in [6.07, 6.45) is 0. The standard InChI is InChI=1S/C20H16ClN3O3/c1-26-20(25)12-27-16-4-2-3-13(7-16)11-23-19-8-14(10-22)17-9-15(21)5-6-18(17)24-19/h2-9H,11-12H2,1H3,(H,23,24). The number of rotatable bonds is 6. The highest BCUT2D eigenvalue weighted by Gasteiger charge is 2.07. The van der Waals surface area contributed by atoms with Crippen LogP contribution in [-0.4, -0.2) is 24.7 Å². The molecule has 1 aromatic heterocycles. The summed E-state index contributed by atoms with van der Waals surface area (Å²) in [5, 5.41) is 13.9. The van der Waals surface area contributed by atoms with Crippen molar-refractivity contribution in [3.8, 4) is 11.8 Å². The lowest BCUT2D eigenvalue weighted by Gasteiger charge is -2.10. The molecule has 7 heteroatoms. The van der Waals surface area contributed by atoms with Crippen molar-refractivity contribution >= 4 is 34.3 Å².